The standard InChI is InChI=1S/C10H15ClN2O4S/c1-2-8-12-9(18(11,16)17)7-13(8)6-4-3-5-10(14)15/h7H,2-6H2,1H3,(H,14,15). The number of carboxylic acids is 1. The fraction of sp³-hybridized carbons (Fsp3) is 0.600. The van der Waals surface area contributed by atoms with Gasteiger partial charge in [0.1, 0.15) is 5.82 Å². The number of hydrogen-bond donors (Lipinski definition) is 1. The number of carboxylic acid groups (broad SMARTS) is 1. The van der Waals surface area contributed by atoms with Crippen molar-refractivity contribution in [2.75, 3.05) is 0 Å². The quantitative estimate of drug-likeness (QED) is 0.610. The summed E-state index contributed by atoms with van der Waals surface area (Å²) in [6, 6.07) is 0. The number of imidazole rings is 1. The summed E-state index contributed by atoms with van der Waals surface area (Å²) >= 11 is 0. The fourth-order valence-electron chi connectivity index (χ4n) is 1.58. The van der Waals surface area contributed by atoms with Crippen LogP contribution in [0.3, 0.4) is 0 Å². The third-order valence-corrected chi connectivity index (χ3v) is 3.61. The Hall–Kier alpha value is -1.08. The summed E-state index contributed by atoms with van der Waals surface area (Å²) in [7, 11) is 1.41. The summed E-state index contributed by atoms with van der Waals surface area (Å²) in [6.07, 6.45) is 3.28. The van der Waals surface area contributed by atoms with Crippen molar-refractivity contribution < 1.29 is 18.3 Å². The number of unbranched alkanes of at least 4 members (excludes halogenated alkanes) is 1. The van der Waals surface area contributed by atoms with Gasteiger partial charge in [-0.2, -0.15) is 0 Å². The lowest BCUT2D eigenvalue weighted by Gasteiger charge is -2.04. The van der Waals surface area contributed by atoms with E-state index in [0.29, 0.717) is 31.6 Å². The summed E-state index contributed by atoms with van der Waals surface area (Å²) in [5.41, 5.74) is 0. The molecule has 0 bridgehead atoms. The zero-order valence-corrected chi connectivity index (χ0v) is 11.5. The third kappa shape index (κ3) is 4.30. The molecule has 0 aromatic carbocycles. The van der Waals surface area contributed by atoms with Crippen LogP contribution in [0.4, 0.5) is 0 Å². The lowest BCUT2D eigenvalue weighted by molar-refractivity contribution is -0.137. The number of halogens is 1. The van der Waals surface area contributed by atoms with E-state index in [9.17, 15) is 13.2 Å². The third-order valence-electron chi connectivity index (χ3n) is 2.44. The van der Waals surface area contributed by atoms with Gasteiger partial charge in [-0.05, 0) is 12.8 Å². The number of aromatic nitrogens is 2. The Morgan fingerprint density at radius 1 is 1.50 bits per heavy atom. The number of nitrogens with zero attached hydrogens (tertiary/aromatic N) is 2. The lowest BCUT2D eigenvalue weighted by atomic mass is 10.2. The molecule has 1 aromatic heterocycles. The zero-order valence-electron chi connectivity index (χ0n) is 9.97. The van der Waals surface area contributed by atoms with E-state index in [1.165, 1.54) is 6.20 Å². The molecule has 0 saturated heterocycles. The highest BCUT2D eigenvalue weighted by Gasteiger charge is 2.16. The van der Waals surface area contributed by atoms with Crippen LogP contribution in [0.25, 0.3) is 0 Å². The highest BCUT2D eigenvalue weighted by molar-refractivity contribution is 8.13. The second kappa shape index (κ2) is 6.19. The van der Waals surface area contributed by atoms with Crippen LogP contribution in [-0.2, 0) is 26.8 Å². The van der Waals surface area contributed by atoms with Gasteiger partial charge in [0, 0.05) is 36.3 Å². The molecule has 18 heavy (non-hydrogen) atoms. The Labute approximate surface area is 110 Å². The minimum Gasteiger partial charge on any atom is -0.481 e. The normalized spacial score (nSPS) is 11.7. The van der Waals surface area contributed by atoms with E-state index >= 15 is 0 Å². The lowest BCUT2D eigenvalue weighted by Crippen LogP contribution is -2.03. The molecule has 0 unspecified atom stereocenters. The van der Waals surface area contributed by atoms with E-state index in [-0.39, 0.29) is 11.4 Å². The molecular weight excluding hydrogens is 280 g/mol. The van der Waals surface area contributed by atoms with E-state index in [1.54, 1.807) is 4.57 Å². The summed E-state index contributed by atoms with van der Waals surface area (Å²) < 4.78 is 24.0. The number of hydrogen-bond acceptors (Lipinski definition) is 4. The highest BCUT2D eigenvalue weighted by atomic mass is 35.7. The Bertz CT molecular complexity index is 524. The second-order valence-corrected chi connectivity index (χ2v) is 6.34. The van der Waals surface area contributed by atoms with Gasteiger partial charge in [0.05, 0.1) is 0 Å². The number of aryl methyl sites for hydroxylation is 2. The van der Waals surface area contributed by atoms with Crippen molar-refractivity contribution in [3.05, 3.63) is 12.0 Å². The first-order chi connectivity index (χ1) is 8.34. The largest absolute Gasteiger partial charge is 0.481 e. The molecule has 0 amide bonds. The maximum atomic E-state index is 11.1. The maximum Gasteiger partial charge on any atom is 0.303 e. The van der Waals surface area contributed by atoms with E-state index < -0.39 is 15.0 Å². The van der Waals surface area contributed by atoms with Crippen LogP contribution in [0.5, 0.6) is 0 Å². The van der Waals surface area contributed by atoms with Crippen LogP contribution in [-0.4, -0.2) is 29.0 Å². The van der Waals surface area contributed by atoms with Gasteiger partial charge < -0.3 is 9.67 Å². The van der Waals surface area contributed by atoms with Crippen LogP contribution >= 0.6 is 10.7 Å². The smallest absolute Gasteiger partial charge is 0.303 e. The van der Waals surface area contributed by atoms with Crippen molar-refractivity contribution in [1.82, 2.24) is 9.55 Å². The molecule has 0 aliphatic carbocycles. The predicted molar refractivity (Wildman–Crippen MR) is 66.1 cm³/mol. The van der Waals surface area contributed by atoms with Gasteiger partial charge in [-0.1, -0.05) is 6.92 Å². The maximum absolute atomic E-state index is 11.1. The van der Waals surface area contributed by atoms with E-state index in [4.69, 9.17) is 15.8 Å². The molecule has 1 aromatic rings. The SMILES string of the molecule is CCc1nc(S(=O)(=O)Cl)cn1CCCCC(=O)O. The summed E-state index contributed by atoms with van der Waals surface area (Å²) in [5, 5.41) is 8.35. The molecule has 6 nitrogen and oxygen atoms in total. The molecule has 0 aliphatic rings. The molecule has 1 N–H and O–H groups in total. The molecule has 1 heterocycles. The topological polar surface area (TPSA) is 89.3 Å². The molecule has 1 rings (SSSR count). The Kier molecular flexibility index (Phi) is 5.15. The van der Waals surface area contributed by atoms with Crippen LogP contribution in [0.15, 0.2) is 11.2 Å². The minimum absolute atomic E-state index is 0.108. The van der Waals surface area contributed by atoms with E-state index in [1.807, 2.05) is 6.92 Å². The molecule has 0 spiro atoms. The first-order valence-corrected chi connectivity index (χ1v) is 7.88. The monoisotopic (exact) mass is 294 g/mol. The average Bonchev–Trinajstić information content (AvgIpc) is 2.67. The second-order valence-electron chi connectivity index (χ2n) is 3.83. The molecule has 0 aliphatic heterocycles. The summed E-state index contributed by atoms with van der Waals surface area (Å²) in [5.74, 6) is -0.204. The summed E-state index contributed by atoms with van der Waals surface area (Å²) in [4.78, 5) is 14.3. The molecule has 0 saturated carbocycles. The first-order valence-electron chi connectivity index (χ1n) is 5.57. The van der Waals surface area contributed by atoms with Crippen molar-refractivity contribution in [3.63, 3.8) is 0 Å². The number of carbonyl (C=O) groups is 1. The predicted octanol–water partition coefficient (Wildman–Crippen LogP) is 1.63. The molecule has 8 heteroatoms. The van der Waals surface area contributed by atoms with Crippen molar-refractivity contribution in [2.45, 2.75) is 44.2 Å². The van der Waals surface area contributed by atoms with Crippen molar-refractivity contribution in [3.8, 4) is 0 Å². The fourth-order valence-corrected chi connectivity index (χ4v) is 2.27. The Morgan fingerprint density at radius 3 is 2.67 bits per heavy atom. The average molecular weight is 295 g/mol. The number of aliphatic carboxylic acids is 1. The van der Waals surface area contributed by atoms with Crippen molar-refractivity contribution in [2.24, 2.45) is 0 Å². The minimum atomic E-state index is -3.81. The van der Waals surface area contributed by atoms with Crippen LogP contribution < -0.4 is 0 Å². The Balaban J connectivity index is 2.70. The van der Waals surface area contributed by atoms with E-state index in [2.05, 4.69) is 4.98 Å². The molecule has 0 fully saturated rings. The van der Waals surface area contributed by atoms with E-state index in [0.717, 1.165) is 0 Å². The van der Waals surface area contributed by atoms with Gasteiger partial charge in [0.25, 0.3) is 9.05 Å². The molecule has 0 radical (unpaired) electrons. The van der Waals surface area contributed by atoms with Gasteiger partial charge in [0.15, 0.2) is 5.03 Å². The zero-order chi connectivity index (χ0) is 13.8. The number of rotatable bonds is 7. The van der Waals surface area contributed by atoms with Crippen LogP contribution in [0.1, 0.15) is 32.0 Å². The highest BCUT2D eigenvalue weighted by Crippen LogP contribution is 2.15. The van der Waals surface area contributed by atoms with Crippen LogP contribution in [0.2, 0.25) is 0 Å². The van der Waals surface area contributed by atoms with Gasteiger partial charge in [-0.3, -0.25) is 4.79 Å². The molecule has 0 atom stereocenters. The first kappa shape index (κ1) is 15.0. The van der Waals surface area contributed by atoms with Crippen molar-refractivity contribution >= 4 is 25.7 Å². The van der Waals surface area contributed by atoms with Crippen LogP contribution in [0, 0.1) is 0 Å². The van der Waals surface area contributed by atoms with Gasteiger partial charge in [-0.15, -0.1) is 0 Å². The van der Waals surface area contributed by atoms with Crippen molar-refractivity contribution in [1.29, 1.82) is 0 Å². The van der Waals surface area contributed by atoms with Gasteiger partial charge >= 0.3 is 5.97 Å². The summed E-state index contributed by atoms with van der Waals surface area (Å²) in [6.45, 7) is 2.40. The molecule has 102 valence electrons. The van der Waals surface area contributed by atoms with Gasteiger partial charge in [0.2, 0.25) is 0 Å². The Morgan fingerprint density at radius 2 is 2.17 bits per heavy atom. The molecular formula is C10H15ClN2O4S. The van der Waals surface area contributed by atoms with Gasteiger partial charge in [-0.25, -0.2) is 13.4 Å².